The van der Waals surface area contributed by atoms with Crippen molar-refractivity contribution in [3.05, 3.63) is 0 Å². The number of sulfone groups is 1. The fourth-order valence-electron chi connectivity index (χ4n) is 1.89. The molecule has 0 aliphatic heterocycles. The van der Waals surface area contributed by atoms with Gasteiger partial charge in [-0.25, -0.2) is 8.42 Å². The lowest BCUT2D eigenvalue weighted by Crippen LogP contribution is -2.39. The lowest BCUT2D eigenvalue weighted by atomic mass is 9.84. The monoisotopic (exact) mass is 322 g/mol. The number of rotatable bonds is 10. The fraction of sp³-hybridized carbons (Fsp3) is 0.857. The average Bonchev–Trinajstić information content (AvgIpc) is 2.37. The minimum atomic E-state index is -2.97. The quantitative estimate of drug-likeness (QED) is 0.346. The molecule has 0 saturated heterocycles. The predicted octanol–water partition coefficient (Wildman–Crippen LogP) is 1.72. The standard InChI is InChI=1S/C14H26O6S/c1-5-19-12(15)14(3,13(16)20-6-2)10-8-7-9-11-21(4,17)18/h5-11H2,1-4H3. The molecule has 124 valence electrons. The molecule has 0 saturated carbocycles. The van der Waals surface area contributed by atoms with E-state index in [4.69, 9.17) is 9.47 Å². The first-order chi connectivity index (χ1) is 9.67. The van der Waals surface area contributed by atoms with Gasteiger partial charge in [0.05, 0.1) is 13.2 Å². The van der Waals surface area contributed by atoms with E-state index in [1.54, 1.807) is 13.8 Å². The molecule has 0 aromatic carbocycles. The molecule has 21 heavy (non-hydrogen) atoms. The maximum Gasteiger partial charge on any atom is 0.323 e. The van der Waals surface area contributed by atoms with Crippen LogP contribution in [-0.2, 0) is 28.9 Å². The largest absolute Gasteiger partial charge is 0.465 e. The Hall–Kier alpha value is -1.11. The fourth-order valence-corrected chi connectivity index (χ4v) is 2.62. The van der Waals surface area contributed by atoms with Crippen molar-refractivity contribution in [2.24, 2.45) is 5.41 Å². The van der Waals surface area contributed by atoms with Crippen LogP contribution >= 0.6 is 0 Å². The number of carbonyl (C=O) groups is 2. The van der Waals surface area contributed by atoms with E-state index in [9.17, 15) is 18.0 Å². The van der Waals surface area contributed by atoms with E-state index in [1.807, 2.05) is 0 Å². The number of hydrogen-bond acceptors (Lipinski definition) is 6. The van der Waals surface area contributed by atoms with Crippen LogP contribution in [0.3, 0.4) is 0 Å². The first-order valence-corrected chi connectivity index (χ1v) is 9.25. The Morgan fingerprint density at radius 2 is 1.43 bits per heavy atom. The molecular formula is C14H26O6S. The lowest BCUT2D eigenvalue weighted by molar-refractivity contribution is -0.171. The third-order valence-corrected chi connectivity index (χ3v) is 4.17. The van der Waals surface area contributed by atoms with Crippen LogP contribution in [0, 0.1) is 5.41 Å². The summed E-state index contributed by atoms with van der Waals surface area (Å²) in [6.07, 6.45) is 3.18. The van der Waals surface area contributed by atoms with Crippen LogP contribution in [0.4, 0.5) is 0 Å². The molecule has 0 bridgehead atoms. The molecule has 0 radical (unpaired) electrons. The molecule has 6 nitrogen and oxygen atoms in total. The molecule has 0 amide bonds. The van der Waals surface area contributed by atoms with E-state index < -0.39 is 27.2 Å². The van der Waals surface area contributed by atoms with Crippen molar-refractivity contribution in [2.45, 2.75) is 46.5 Å². The summed E-state index contributed by atoms with van der Waals surface area (Å²) in [6.45, 7) is 5.26. The van der Waals surface area contributed by atoms with Crippen molar-refractivity contribution >= 4 is 21.8 Å². The van der Waals surface area contributed by atoms with Gasteiger partial charge in [-0.15, -0.1) is 0 Å². The third kappa shape index (κ3) is 7.45. The van der Waals surface area contributed by atoms with Gasteiger partial charge in [-0.3, -0.25) is 9.59 Å². The second-order valence-electron chi connectivity index (χ2n) is 5.21. The smallest absolute Gasteiger partial charge is 0.323 e. The van der Waals surface area contributed by atoms with Crippen molar-refractivity contribution in [3.63, 3.8) is 0 Å². The highest BCUT2D eigenvalue weighted by atomic mass is 32.2. The number of hydrogen-bond donors (Lipinski definition) is 0. The first kappa shape index (κ1) is 19.9. The summed E-state index contributed by atoms with van der Waals surface area (Å²) in [7, 11) is -2.97. The maximum atomic E-state index is 12.0. The maximum absolute atomic E-state index is 12.0. The SMILES string of the molecule is CCOC(=O)C(C)(CCCCCS(C)(=O)=O)C(=O)OCC. The van der Waals surface area contributed by atoms with Crippen molar-refractivity contribution < 1.29 is 27.5 Å². The minimum absolute atomic E-state index is 0.114. The van der Waals surface area contributed by atoms with Gasteiger partial charge in [0.1, 0.15) is 9.84 Å². The molecule has 0 rings (SSSR count). The molecule has 7 heteroatoms. The zero-order valence-electron chi connectivity index (χ0n) is 13.3. The molecule has 0 fully saturated rings. The normalized spacial score (nSPS) is 12.0. The highest BCUT2D eigenvalue weighted by Gasteiger charge is 2.43. The van der Waals surface area contributed by atoms with Gasteiger partial charge in [0.25, 0.3) is 0 Å². The van der Waals surface area contributed by atoms with Gasteiger partial charge in [-0.05, 0) is 33.6 Å². The number of esters is 2. The molecule has 0 heterocycles. The summed E-state index contributed by atoms with van der Waals surface area (Å²) in [6, 6.07) is 0. The van der Waals surface area contributed by atoms with Gasteiger partial charge in [-0.1, -0.05) is 12.8 Å². The minimum Gasteiger partial charge on any atom is -0.465 e. The second kappa shape index (κ2) is 9.02. The Morgan fingerprint density at radius 3 is 1.81 bits per heavy atom. The van der Waals surface area contributed by atoms with Gasteiger partial charge in [0, 0.05) is 12.0 Å². The molecule has 0 spiro atoms. The van der Waals surface area contributed by atoms with E-state index in [-0.39, 0.29) is 25.4 Å². The van der Waals surface area contributed by atoms with E-state index in [0.717, 1.165) is 0 Å². The summed E-state index contributed by atoms with van der Waals surface area (Å²) in [4.78, 5) is 24.0. The van der Waals surface area contributed by atoms with Crippen LogP contribution in [0.2, 0.25) is 0 Å². The van der Waals surface area contributed by atoms with E-state index in [2.05, 4.69) is 0 Å². The highest BCUT2D eigenvalue weighted by Crippen LogP contribution is 2.28. The average molecular weight is 322 g/mol. The van der Waals surface area contributed by atoms with E-state index >= 15 is 0 Å². The van der Waals surface area contributed by atoms with Gasteiger partial charge in [0.2, 0.25) is 0 Å². The van der Waals surface area contributed by atoms with Crippen LogP contribution in [-0.4, -0.2) is 45.6 Å². The summed E-state index contributed by atoms with van der Waals surface area (Å²) < 4.78 is 32.0. The second-order valence-corrected chi connectivity index (χ2v) is 7.47. The molecule has 0 aromatic rings. The van der Waals surface area contributed by atoms with Crippen LogP contribution in [0.15, 0.2) is 0 Å². The summed E-state index contributed by atoms with van der Waals surface area (Å²) in [5, 5.41) is 0. The zero-order valence-corrected chi connectivity index (χ0v) is 14.1. The number of unbranched alkanes of at least 4 members (excludes halogenated alkanes) is 2. The van der Waals surface area contributed by atoms with E-state index in [0.29, 0.717) is 19.3 Å². The summed E-state index contributed by atoms with van der Waals surface area (Å²) in [5.41, 5.74) is -1.32. The number of ether oxygens (including phenoxy) is 2. The van der Waals surface area contributed by atoms with E-state index in [1.165, 1.54) is 13.2 Å². The van der Waals surface area contributed by atoms with Gasteiger partial charge < -0.3 is 9.47 Å². The molecule has 0 atom stereocenters. The molecular weight excluding hydrogens is 296 g/mol. The van der Waals surface area contributed by atoms with Crippen LogP contribution in [0.1, 0.15) is 46.5 Å². The summed E-state index contributed by atoms with van der Waals surface area (Å²) in [5.74, 6) is -1.07. The summed E-state index contributed by atoms with van der Waals surface area (Å²) >= 11 is 0. The molecule has 0 N–H and O–H groups in total. The Labute approximate surface area is 127 Å². The highest BCUT2D eigenvalue weighted by molar-refractivity contribution is 7.90. The molecule has 0 unspecified atom stereocenters. The molecule has 0 aromatic heterocycles. The molecule has 0 aliphatic rings. The predicted molar refractivity (Wildman–Crippen MR) is 79.6 cm³/mol. The van der Waals surface area contributed by atoms with Crippen molar-refractivity contribution in [2.75, 3.05) is 25.2 Å². The van der Waals surface area contributed by atoms with Crippen LogP contribution in [0.25, 0.3) is 0 Å². The third-order valence-electron chi connectivity index (χ3n) is 3.14. The lowest BCUT2D eigenvalue weighted by Gasteiger charge is -2.24. The van der Waals surface area contributed by atoms with Crippen LogP contribution < -0.4 is 0 Å². The zero-order chi connectivity index (χ0) is 16.5. The van der Waals surface area contributed by atoms with Gasteiger partial charge in [0.15, 0.2) is 5.41 Å². The van der Waals surface area contributed by atoms with Crippen molar-refractivity contribution in [3.8, 4) is 0 Å². The van der Waals surface area contributed by atoms with Crippen molar-refractivity contribution in [1.29, 1.82) is 0 Å². The first-order valence-electron chi connectivity index (χ1n) is 7.19. The Balaban J connectivity index is 4.55. The number of carbonyl (C=O) groups excluding carboxylic acids is 2. The Morgan fingerprint density at radius 1 is 0.952 bits per heavy atom. The Kier molecular flexibility index (Phi) is 8.54. The molecule has 0 aliphatic carbocycles. The van der Waals surface area contributed by atoms with Crippen LogP contribution in [0.5, 0.6) is 0 Å². The topological polar surface area (TPSA) is 86.7 Å². The van der Waals surface area contributed by atoms with Gasteiger partial charge in [-0.2, -0.15) is 0 Å². The van der Waals surface area contributed by atoms with Crippen molar-refractivity contribution in [1.82, 2.24) is 0 Å². The van der Waals surface area contributed by atoms with Gasteiger partial charge >= 0.3 is 11.9 Å². The Bertz CT molecular complexity index is 422.